The minimum atomic E-state index is -0.126. The predicted octanol–water partition coefficient (Wildman–Crippen LogP) is 4.46. The lowest BCUT2D eigenvalue weighted by atomic mass is 9.92. The summed E-state index contributed by atoms with van der Waals surface area (Å²) in [5.41, 5.74) is 3.81. The largest absolute Gasteiger partial charge is 0.298 e. The summed E-state index contributed by atoms with van der Waals surface area (Å²) in [6.45, 7) is 10.7. The molecule has 1 aromatic heterocycles. The molecule has 29 heavy (non-hydrogen) atoms. The zero-order chi connectivity index (χ0) is 20.4. The fraction of sp³-hybridized carbons (Fsp3) is 0.500. The summed E-state index contributed by atoms with van der Waals surface area (Å²) >= 11 is 1.49. The average Bonchev–Trinajstić information content (AvgIpc) is 3.30. The van der Waals surface area contributed by atoms with E-state index >= 15 is 0 Å². The fourth-order valence-electron chi connectivity index (χ4n) is 4.30. The van der Waals surface area contributed by atoms with Crippen molar-refractivity contribution in [1.82, 2.24) is 9.88 Å². The third-order valence-corrected chi connectivity index (χ3v) is 6.31. The summed E-state index contributed by atoms with van der Waals surface area (Å²) in [4.78, 5) is 19.7. The first-order chi connectivity index (χ1) is 14.0. The summed E-state index contributed by atoms with van der Waals surface area (Å²) in [5, 5.41) is 12.1. The number of amides is 1. The number of likely N-dealkylation sites (tertiary alicyclic amines) is 1. The molecule has 1 amide bonds. The number of benzene rings is 1. The first-order valence-electron chi connectivity index (χ1n) is 10.4. The maximum Gasteiger partial charge on any atom is 0.257 e. The number of aromatic nitrogens is 1. The van der Waals surface area contributed by atoms with Crippen molar-refractivity contribution in [2.24, 2.45) is 16.9 Å². The highest BCUT2D eigenvalue weighted by Gasteiger charge is 2.22. The third kappa shape index (κ3) is 5.03. The lowest BCUT2D eigenvalue weighted by Crippen LogP contribution is -2.38. The van der Waals surface area contributed by atoms with Crippen LogP contribution in [-0.2, 0) is 6.54 Å². The van der Waals surface area contributed by atoms with E-state index in [9.17, 15) is 4.79 Å². The summed E-state index contributed by atoms with van der Waals surface area (Å²) in [7, 11) is 0. The molecule has 2 atom stereocenters. The van der Waals surface area contributed by atoms with Gasteiger partial charge in [-0.3, -0.25) is 20.0 Å². The van der Waals surface area contributed by atoms with Gasteiger partial charge in [-0.1, -0.05) is 13.8 Å². The molecule has 4 rings (SSSR count). The van der Waals surface area contributed by atoms with Crippen LogP contribution >= 0.6 is 11.3 Å². The molecule has 7 heteroatoms. The van der Waals surface area contributed by atoms with Crippen LogP contribution in [0.25, 0.3) is 0 Å². The van der Waals surface area contributed by atoms with Crippen LogP contribution in [0.3, 0.4) is 0 Å². The Labute approximate surface area is 176 Å². The van der Waals surface area contributed by atoms with E-state index in [-0.39, 0.29) is 5.91 Å². The van der Waals surface area contributed by atoms with Gasteiger partial charge in [0.15, 0.2) is 5.13 Å². The maximum absolute atomic E-state index is 12.6. The molecule has 0 bridgehead atoms. The Bertz CT molecular complexity index is 881. The highest BCUT2D eigenvalue weighted by molar-refractivity contribution is 7.14. The highest BCUT2D eigenvalue weighted by atomic mass is 32.1. The smallest absolute Gasteiger partial charge is 0.257 e. The van der Waals surface area contributed by atoms with Gasteiger partial charge in [0, 0.05) is 49.3 Å². The van der Waals surface area contributed by atoms with E-state index in [0.29, 0.717) is 10.7 Å². The molecule has 2 aliphatic rings. The molecule has 1 fully saturated rings. The van der Waals surface area contributed by atoms with Crippen LogP contribution in [0.5, 0.6) is 0 Å². The molecule has 0 saturated carbocycles. The Hall–Kier alpha value is -2.25. The number of piperidine rings is 1. The average molecular weight is 412 g/mol. The van der Waals surface area contributed by atoms with Gasteiger partial charge in [-0.05, 0) is 49.4 Å². The monoisotopic (exact) mass is 411 g/mol. The summed E-state index contributed by atoms with van der Waals surface area (Å²) in [6, 6.07) is 7.59. The number of hydrazone groups is 1. The van der Waals surface area contributed by atoms with Gasteiger partial charge in [-0.25, -0.2) is 4.98 Å². The molecule has 0 aliphatic carbocycles. The lowest BCUT2D eigenvalue weighted by molar-refractivity contribution is 0.102. The van der Waals surface area contributed by atoms with Crippen molar-refractivity contribution in [3.05, 3.63) is 40.9 Å². The minimum Gasteiger partial charge on any atom is -0.298 e. The molecule has 6 nitrogen and oxygen atoms in total. The van der Waals surface area contributed by atoms with Gasteiger partial charge in [-0.15, -0.1) is 11.3 Å². The Kier molecular flexibility index (Phi) is 5.96. The van der Waals surface area contributed by atoms with E-state index in [4.69, 9.17) is 0 Å². The number of anilines is 2. The highest BCUT2D eigenvalue weighted by Crippen LogP contribution is 2.25. The van der Waals surface area contributed by atoms with Crippen molar-refractivity contribution in [1.29, 1.82) is 0 Å². The molecular weight excluding hydrogens is 382 g/mol. The number of thiazole rings is 1. The second-order valence-corrected chi connectivity index (χ2v) is 9.35. The van der Waals surface area contributed by atoms with Crippen LogP contribution in [0.2, 0.25) is 0 Å². The van der Waals surface area contributed by atoms with Crippen molar-refractivity contribution < 1.29 is 4.79 Å². The standard InChI is InChI=1S/C22H29N5OS/c1-15-10-16(2)12-26(11-15)13-19-14-29-22(23-19)24-21(28)18-4-6-20(7-5-18)27-9-8-17(3)25-27/h4-7,14-16H,8-13H2,1-3H3,(H,23,24,28)/t15-,16-/m0/s1. The molecule has 2 aliphatic heterocycles. The zero-order valence-electron chi connectivity index (χ0n) is 17.4. The van der Waals surface area contributed by atoms with Gasteiger partial charge in [-0.2, -0.15) is 5.10 Å². The SMILES string of the molecule is CC1=NN(c2ccc(C(=O)Nc3nc(CN4C[C@@H](C)C[C@H](C)C4)cs3)cc2)CC1. The first-order valence-corrected chi connectivity index (χ1v) is 11.2. The van der Waals surface area contributed by atoms with Gasteiger partial charge in [0.25, 0.3) is 5.91 Å². The predicted molar refractivity (Wildman–Crippen MR) is 120 cm³/mol. The Morgan fingerprint density at radius 1 is 1.21 bits per heavy atom. The van der Waals surface area contributed by atoms with Crippen LogP contribution in [-0.4, -0.2) is 41.1 Å². The van der Waals surface area contributed by atoms with E-state index < -0.39 is 0 Å². The van der Waals surface area contributed by atoms with E-state index in [1.807, 2.05) is 36.2 Å². The minimum absolute atomic E-state index is 0.126. The van der Waals surface area contributed by atoms with Crippen molar-refractivity contribution in [3.63, 3.8) is 0 Å². The number of carbonyl (C=O) groups is 1. The lowest BCUT2D eigenvalue weighted by Gasteiger charge is -2.34. The molecule has 2 aromatic rings. The van der Waals surface area contributed by atoms with E-state index in [0.717, 1.165) is 61.5 Å². The number of hydrogen-bond acceptors (Lipinski definition) is 6. The molecular formula is C22H29N5OS. The van der Waals surface area contributed by atoms with Gasteiger partial charge < -0.3 is 0 Å². The second kappa shape index (κ2) is 8.63. The van der Waals surface area contributed by atoms with Gasteiger partial charge in [0.1, 0.15) is 0 Å². The van der Waals surface area contributed by atoms with Crippen molar-refractivity contribution >= 4 is 33.8 Å². The number of carbonyl (C=O) groups excluding carboxylic acids is 1. The van der Waals surface area contributed by atoms with Crippen molar-refractivity contribution in [2.75, 3.05) is 30.0 Å². The normalized spacial score (nSPS) is 22.6. The Morgan fingerprint density at radius 2 is 1.93 bits per heavy atom. The summed E-state index contributed by atoms with van der Waals surface area (Å²) in [6.07, 6.45) is 2.29. The number of rotatable bonds is 5. The number of hydrogen-bond donors (Lipinski definition) is 1. The first kappa shape index (κ1) is 20.0. The maximum atomic E-state index is 12.6. The Balaban J connectivity index is 1.34. The Morgan fingerprint density at radius 3 is 2.59 bits per heavy atom. The molecule has 0 spiro atoms. The van der Waals surface area contributed by atoms with Gasteiger partial charge in [0.2, 0.25) is 0 Å². The van der Waals surface area contributed by atoms with E-state index in [1.165, 1.54) is 17.8 Å². The molecule has 1 N–H and O–H groups in total. The number of nitrogens with zero attached hydrogens (tertiary/aromatic N) is 4. The molecule has 1 aromatic carbocycles. The number of nitrogens with one attached hydrogen (secondary N) is 1. The molecule has 154 valence electrons. The summed E-state index contributed by atoms with van der Waals surface area (Å²) < 4.78 is 0. The topological polar surface area (TPSA) is 60.8 Å². The van der Waals surface area contributed by atoms with Crippen LogP contribution in [0.15, 0.2) is 34.7 Å². The zero-order valence-corrected chi connectivity index (χ0v) is 18.2. The van der Waals surface area contributed by atoms with Crippen molar-refractivity contribution in [2.45, 2.75) is 40.2 Å². The molecule has 1 saturated heterocycles. The van der Waals surface area contributed by atoms with Crippen LogP contribution in [0, 0.1) is 11.8 Å². The molecule has 3 heterocycles. The van der Waals surface area contributed by atoms with E-state index in [1.54, 1.807) is 0 Å². The van der Waals surface area contributed by atoms with Crippen LogP contribution < -0.4 is 10.3 Å². The van der Waals surface area contributed by atoms with Gasteiger partial charge >= 0.3 is 0 Å². The third-order valence-electron chi connectivity index (χ3n) is 5.51. The van der Waals surface area contributed by atoms with Gasteiger partial charge in [0.05, 0.1) is 11.4 Å². The van der Waals surface area contributed by atoms with Crippen LogP contribution in [0.1, 0.15) is 49.7 Å². The molecule has 0 unspecified atom stereocenters. The van der Waals surface area contributed by atoms with Crippen molar-refractivity contribution in [3.8, 4) is 0 Å². The van der Waals surface area contributed by atoms with E-state index in [2.05, 4.69) is 39.5 Å². The second-order valence-electron chi connectivity index (χ2n) is 8.49. The van der Waals surface area contributed by atoms with Crippen LogP contribution in [0.4, 0.5) is 10.8 Å². The fourth-order valence-corrected chi connectivity index (χ4v) is 5.00. The molecule has 0 radical (unpaired) electrons. The summed E-state index contributed by atoms with van der Waals surface area (Å²) in [5.74, 6) is 1.34. The quantitative estimate of drug-likeness (QED) is 0.789.